The van der Waals surface area contributed by atoms with E-state index >= 15 is 0 Å². The minimum atomic E-state index is -3.74. The van der Waals surface area contributed by atoms with E-state index in [9.17, 15) is 13.2 Å². The Morgan fingerprint density at radius 3 is 2.52 bits per heavy atom. The third kappa shape index (κ3) is 4.91. The smallest absolute Gasteiger partial charge is 0.270 e. The van der Waals surface area contributed by atoms with Gasteiger partial charge in [0.1, 0.15) is 10.6 Å². The standard InChI is InChI=1S/C20H27N3O3S/c1-2-3-4-7-16-8-10-17(11-9-16)22-27(25,26)18-14-19(21-15-18)20(24)23-12-5-6-13-23/h8-11,14-15,21-22H,2-7,12-13H2,1H3. The van der Waals surface area contributed by atoms with Crippen LogP contribution < -0.4 is 4.72 Å². The summed E-state index contributed by atoms with van der Waals surface area (Å²) in [4.78, 5) is 17.0. The van der Waals surface area contributed by atoms with Gasteiger partial charge in [-0.25, -0.2) is 8.42 Å². The Balaban J connectivity index is 1.65. The number of benzene rings is 1. The Morgan fingerprint density at radius 1 is 1.15 bits per heavy atom. The van der Waals surface area contributed by atoms with Gasteiger partial charge in [0.05, 0.1) is 0 Å². The molecule has 0 saturated carbocycles. The lowest BCUT2D eigenvalue weighted by Crippen LogP contribution is -2.27. The third-order valence-electron chi connectivity index (χ3n) is 4.87. The lowest BCUT2D eigenvalue weighted by molar-refractivity contribution is 0.0787. The summed E-state index contributed by atoms with van der Waals surface area (Å²) >= 11 is 0. The van der Waals surface area contributed by atoms with Gasteiger partial charge in [0.15, 0.2) is 0 Å². The molecule has 0 radical (unpaired) electrons. The molecule has 2 N–H and O–H groups in total. The lowest BCUT2D eigenvalue weighted by Gasteiger charge is -2.13. The number of rotatable bonds is 8. The van der Waals surface area contributed by atoms with Crippen LogP contribution >= 0.6 is 0 Å². The number of nitrogens with one attached hydrogen (secondary N) is 2. The Kier molecular flexibility index (Phi) is 6.21. The first-order chi connectivity index (χ1) is 13.0. The summed E-state index contributed by atoms with van der Waals surface area (Å²) < 4.78 is 27.8. The highest BCUT2D eigenvalue weighted by Crippen LogP contribution is 2.20. The van der Waals surface area contributed by atoms with Crippen molar-refractivity contribution in [3.8, 4) is 0 Å². The van der Waals surface area contributed by atoms with Gasteiger partial charge in [-0.3, -0.25) is 9.52 Å². The molecule has 146 valence electrons. The molecule has 1 saturated heterocycles. The van der Waals surface area contributed by atoms with Crippen LogP contribution in [0.4, 0.5) is 5.69 Å². The highest BCUT2D eigenvalue weighted by molar-refractivity contribution is 7.92. The van der Waals surface area contributed by atoms with Gasteiger partial charge in [0.25, 0.3) is 15.9 Å². The quantitative estimate of drug-likeness (QED) is 0.674. The van der Waals surface area contributed by atoms with Crippen LogP contribution in [0.2, 0.25) is 0 Å². The highest BCUT2D eigenvalue weighted by atomic mass is 32.2. The summed E-state index contributed by atoms with van der Waals surface area (Å²) in [5.41, 5.74) is 2.03. The van der Waals surface area contributed by atoms with E-state index < -0.39 is 10.0 Å². The van der Waals surface area contributed by atoms with Crippen LogP contribution in [0.1, 0.15) is 55.1 Å². The number of anilines is 1. The average molecular weight is 390 g/mol. The molecule has 6 nitrogen and oxygen atoms in total. The monoisotopic (exact) mass is 389 g/mol. The number of aryl methyl sites for hydroxylation is 1. The van der Waals surface area contributed by atoms with E-state index in [2.05, 4.69) is 16.6 Å². The zero-order valence-electron chi connectivity index (χ0n) is 15.7. The van der Waals surface area contributed by atoms with Gasteiger partial charge in [-0.05, 0) is 49.4 Å². The maximum absolute atomic E-state index is 12.6. The van der Waals surface area contributed by atoms with Gasteiger partial charge in [-0.1, -0.05) is 31.9 Å². The second kappa shape index (κ2) is 8.61. The van der Waals surface area contributed by atoms with Gasteiger partial charge in [0, 0.05) is 25.0 Å². The molecule has 1 fully saturated rings. The predicted molar refractivity (Wildman–Crippen MR) is 106 cm³/mol. The summed E-state index contributed by atoms with van der Waals surface area (Å²) in [5, 5.41) is 0. The number of unbranched alkanes of at least 4 members (excludes halogenated alkanes) is 2. The van der Waals surface area contributed by atoms with Crippen LogP contribution in [0.15, 0.2) is 41.4 Å². The first kappa shape index (κ1) is 19.5. The molecular weight excluding hydrogens is 362 g/mol. The van der Waals surface area contributed by atoms with E-state index in [1.807, 2.05) is 12.1 Å². The SMILES string of the molecule is CCCCCc1ccc(NS(=O)(=O)c2c[nH]c(C(=O)N3CCCC3)c2)cc1. The lowest BCUT2D eigenvalue weighted by atomic mass is 10.1. The minimum Gasteiger partial charge on any atom is -0.356 e. The van der Waals surface area contributed by atoms with Crippen molar-refractivity contribution in [2.45, 2.75) is 50.3 Å². The maximum atomic E-state index is 12.6. The van der Waals surface area contributed by atoms with Crippen LogP contribution in [-0.4, -0.2) is 37.3 Å². The number of carbonyl (C=O) groups excluding carboxylic acids is 1. The van der Waals surface area contributed by atoms with Crippen molar-refractivity contribution < 1.29 is 13.2 Å². The fraction of sp³-hybridized carbons (Fsp3) is 0.450. The molecule has 0 atom stereocenters. The minimum absolute atomic E-state index is 0.0667. The largest absolute Gasteiger partial charge is 0.356 e. The van der Waals surface area contributed by atoms with Crippen molar-refractivity contribution in [2.24, 2.45) is 0 Å². The van der Waals surface area contributed by atoms with Crippen LogP contribution in [0.5, 0.6) is 0 Å². The molecule has 1 aromatic heterocycles. The molecule has 7 heteroatoms. The van der Waals surface area contributed by atoms with E-state index in [1.54, 1.807) is 17.0 Å². The van der Waals surface area contributed by atoms with E-state index in [-0.39, 0.29) is 10.8 Å². The van der Waals surface area contributed by atoms with Gasteiger partial charge < -0.3 is 9.88 Å². The Labute approximate surface area is 161 Å². The van der Waals surface area contributed by atoms with Crippen molar-refractivity contribution >= 4 is 21.6 Å². The van der Waals surface area contributed by atoms with Crippen molar-refractivity contribution in [3.05, 3.63) is 47.8 Å². The topological polar surface area (TPSA) is 82.3 Å². The fourth-order valence-electron chi connectivity index (χ4n) is 3.28. The number of H-pyrrole nitrogens is 1. The molecule has 3 rings (SSSR count). The number of nitrogens with zero attached hydrogens (tertiary/aromatic N) is 1. The van der Waals surface area contributed by atoms with Crippen LogP contribution in [0.3, 0.4) is 0 Å². The summed E-state index contributed by atoms with van der Waals surface area (Å²) in [6.45, 7) is 3.62. The normalized spacial score (nSPS) is 14.5. The molecule has 1 amide bonds. The van der Waals surface area contributed by atoms with Crippen molar-refractivity contribution in [2.75, 3.05) is 17.8 Å². The second-order valence-electron chi connectivity index (χ2n) is 7.01. The Hall–Kier alpha value is -2.28. The third-order valence-corrected chi connectivity index (χ3v) is 6.23. The van der Waals surface area contributed by atoms with Gasteiger partial charge in [-0.15, -0.1) is 0 Å². The molecule has 0 spiro atoms. The van der Waals surface area contributed by atoms with E-state index in [0.717, 1.165) is 38.8 Å². The van der Waals surface area contributed by atoms with Crippen LogP contribution in [0, 0.1) is 0 Å². The van der Waals surface area contributed by atoms with Crippen molar-refractivity contribution in [1.82, 2.24) is 9.88 Å². The second-order valence-corrected chi connectivity index (χ2v) is 8.69. The molecule has 0 bridgehead atoms. The summed E-state index contributed by atoms with van der Waals surface area (Å²) in [6.07, 6.45) is 7.86. The first-order valence-electron chi connectivity index (χ1n) is 9.59. The summed E-state index contributed by atoms with van der Waals surface area (Å²) in [5.74, 6) is -0.148. The molecule has 0 unspecified atom stereocenters. The summed E-state index contributed by atoms with van der Waals surface area (Å²) in [7, 11) is -3.74. The zero-order chi connectivity index (χ0) is 19.3. The van der Waals surface area contributed by atoms with Gasteiger partial charge >= 0.3 is 0 Å². The van der Waals surface area contributed by atoms with Gasteiger partial charge in [-0.2, -0.15) is 0 Å². The molecule has 2 heterocycles. The Morgan fingerprint density at radius 2 is 1.85 bits per heavy atom. The van der Waals surface area contributed by atoms with E-state index in [4.69, 9.17) is 0 Å². The van der Waals surface area contributed by atoms with Crippen LogP contribution in [-0.2, 0) is 16.4 Å². The zero-order valence-corrected chi connectivity index (χ0v) is 16.5. The number of amides is 1. The van der Waals surface area contributed by atoms with Crippen molar-refractivity contribution in [1.29, 1.82) is 0 Å². The number of likely N-dealkylation sites (tertiary alicyclic amines) is 1. The molecule has 1 aliphatic heterocycles. The highest BCUT2D eigenvalue weighted by Gasteiger charge is 2.23. The molecule has 2 aromatic rings. The molecule has 1 aromatic carbocycles. The number of hydrogen-bond donors (Lipinski definition) is 2. The van der Waals surface area contributed by atoms with Crippen molar-refractivity contribution in [3.63, 3.8) is 0 Å². The molecule has 27 heavy (non-hydrogen) atoms. The molecule has 1 aliphatic rings. The molecular formula is C20H27N3O3S. The van der Waals surface area contributed by atoms with E-state index in [0.29, 0.717) is 11.4 Å². The van der Waals surface area contributed by atoms with Crippen LogP contribution in [0.25, 0.3) is 0 Å². The number of sulfonamides is 1. The van der Waals surface area contributed by atoms with Gasteiger partial charge in [0.2, 0.25) is 0 Å². The number of hydrogen-bond acceptors (Lipinski definition) is 3. The summed E-state index contributed by atoms with van der Waals surface area (Å²) in [6, 6.07) is 8.87. The maximum Gasteiger partial charge on any atom is 0.270 e. The Bertz CT molecular complexity index is 866. The predicted octanol–water partition coefficient (Wildman–Crippen LogP) is 3.78. The fourth-order valence-corrected chi connectivity index (χ4v) is 4.33. The number of carbonyl (C=O) groups is 1. The van der Waals surface area contributed by atoms with E-state index in [1.165, 1.54) is 30.7 Å². The average Bonchev–Trinajstić information content (AvgIpc) is 3.35. The molecule has 0 aliphatic carbocycles. The first-order valence-corrected chi connectivity index (χ1v) is 11.1. The number of aromatic nitrogens is 1. The number of aromatic amines is 1.